The fourth-order valence-corrected chi connectivity index (χ4v) is 2.12. The average Bonchev–Trinajstić information content (AvgIpc) is 2.51. The maximum absolute atomic E-state index is 12.3. The number of amides is 2. The molecule has 1 N–H and O–H groups in total. The van der Waals surface area contributed by atoms with Gasteiger partial charge in [-0.3, -0.25) is 9.59 Å². The van der Waals surface area contributed by atoms with Crippen LogP contribution in [0.25, 0.3) is 0 Å². The molecule has 116 valence electrons. The molecule has 1 atom stereocenters. The lowest BCUT2D eigenvalue weighted by molar-refractivity contribution is -0.132. The molecule has 5 heteroatoms. The van der Waals surface area contributed by atoms with E-state index >= 15 is 0 Å². The van der Waals surface area contributed by atoms with Crippen LogP contribution in [0.2, 0.25) is 0 Å². The number of ether oxygens (including phenoxy) is 1. The van der Waals surface area contributed by atoms with E-state index in [2.05, 4.69) is 5.32 Å². The van der Waals surface area contributed by atoms with E-state index in [0.29, 0.717) is 18.6 Å². The Morgan fingerprint density at radius 3 is 2.38 bits per heavy atom. The number of hydrogen-bond donors (Lipinski definition) is 1. The summed E-state index contributed by atoms with van der Waals surface area (Å²) >= 11 is 0. The molecule has 0 aliphatic carbocycles. The van der Waals surface area contributed by atoms with Gasteiger partial charge in [0.05, 0.1) is 19.1 Å². The number of carbonyl (C=O) groups excluding carboxylic acids is 2. The number of nitrogens with one attached hydrogen (secondary N) is 1. The largest absolute Gasteiger partial charge is 0.383 e. The average molecular weight is 292 g/mol. The Balaban J connectivity index is 2.67. The Morgan fingerprint density at radius 2 is 1.90 bits per heavy atom. The van der Waals surface area contributed by atoms with E-state index in [1.165, 1.54) is 0 Å². The standard InChI is InChI=1S/C16H24N2O3/c1-5-14(11-21-4)18(3)15(19)10-12-6-8-13(9-7-12)16(20)17-2/h6-9,14H,5,10-11H2,1-4H3,(H,17,20). The molecule has 21 heavy (non-hydrogen) atoms. The molecule has 1 aromatic rings. The predicted octanol–water partition coefficient (Wildman–Crippen LogP) is 1.47. The Labute approximate surface area is 126 Å². The van der Waals surface area contributed by atoms with Crippen LogP contribution in [0.3, 0.4) is 0 Å². The quantitative estimate of drug-likeness (QED) is 0.828. The van der Waals surface area contributed by atoms with Gasteiger partial charge in [0.25, 0.3) is 5.91 Å². The van der Waals surface area contributed by atoms with Gasteiger partial charge in [0.2, 0.25) is 5.91 Å². The fourth-order valence-electron chi connectivity index (χ4n) is 2.12. The molecule has 1 unspecified atom stereocenters. The lowest BCUT2D eigenvalue weighted by atomic mass is 10.1. The van der Waals surface area contributed by atoms with Gasteiger partial charge in [0.1, 0.15) is 0 Å². The van der Waals surface area contributed by atoms with Crippen LogP contribution in [0, 0.1) is 0 Å². The van der Waals surface area contributed by atoms with E-state index in [9.17, 15) is 9.59 Å². The molecule has 0 aliphatic rings. The first-order valence-electron chi connectivity index (χ1n) is 7.09. The van der Waals surface area contributed by atoms with Crippen molar-refractivity contribution in [3.8, 4) is 0 Å². The van der Waals surface area contributed by atoms with Gasteiger partial charge in [-0.2, -0.15) is 0 Å². The molecular formula is C16H24N2O3. The molecule has 1 rings (SSSR count). The number of carbonyl (C=O) groups is 2. The van der Waals surface area contributed by atoms with Crippen molar-refractivity contribution in [2.75, 3.05) is 27.8 Å². The maximum Gasteiger partial charge on any atom is 0.251 e. The van der Waals surface area contributed by atoms with Crippen molar-refractivity contribution in [1.29, 1.82) is 0 Å². The highest BCUT2D eigenvalue weighted by molar-refractivity contribution is 5.94. The molecular weight excluding hydrogens is 268 g/mol. The van der Waals surface area contributed by atoms with Crippen LogP contribution < -0.4 is 5.32 Å². The zero-order chi connectivity index (χ0) is 15.8. The van der Waals surface area contributed by atoms with Gasteiger partial charge in [-0.05, 0) is 24.1 Å². The van der Waals surface area contributed by atoms with Crippen LogP contribution >= 0.6 is 0 Å². The van der Waals surface area contributed by atoms with Gasteiger partial charge in [0.15, 0.2) is 0 Å². The molecule has 0 bridgehead atoms. The molecule has 0 saturated carbocycles. The monoisotopic (exact) mass is 292 g/mol. The van der Waals surface area contributed by atoms with E-state index in [1.54, 1.807) is 38.2 Å². The Hall–Kier alpha value is -1.88. The van der Waals surface area contributed by atoms with Crippen molar-refractivity contribution in [3.05, 3.63) is 35.4 Å². The minimum atomic E-state index is -0.129. The lowest BCUT2D eigenvalue weighted by Gasteiger charge is -2.26. The van der Waals surface area contributed by atoms with Crippen molar-refractivity contribution in [3.63, 3.8) is 0 Å². The van der Waals surface area contributed by atoms with Crippen LogP contribution in [0.4, 0.5) is 0 Å². The first-order chi connectivity index (χ1) is 10.0. The van der Waals surface area contributed by atoms with E-state index in [4.69, 9.17) is 4.74 Å². The molecule has 5 nitrogen and oxygen atoms in total. The summed E-state index contributed by atoms with van der Waals surface area (Å²) in [6.45, 7) is 2.57. The van der Waals surface area contributed by atoms with Crippen LogP contribution in [0.1, 0.15) is 29.3 Å². The minimum absolute atomic E-state index is 0.0478. The molecule has 2 amide bonds. The van der Waals surface area contributed by atoms with E-state index in [0.717, 1.165) is 12.0 Å². The summed E-state index contributed by atoms with van der Waals surface area (Å²) in [5.74, 6) is -0.0808. The SMILES string of the molecule is CCC(COC)N(C)C(=O)Cc1ccc(C(=O)NC)cc1. The number of rotatable bonds is 7. The van der Waals surface area contributed by atoms with Crippen molar-refractivity contribution in [1.82, 2.24) is 10.2 Å². The Kier molecular flexibility index (Phi) is 6.88. The van der Waals surface area contributed by atoms with Crippen LogP contribution in [0.5, 0.6) is 0 Å². The molecule has 1 aromatic carbocycles. The minimum Gasteiger partial charge on any atom is -0.383 e. The topological polar surface area (TPSA) is 58.6 Å². The van der Waals surface area contributed by atoms with Gasteiger partial charge >= 0.3 is 0 Å². The Bertz CT molecular complexity index is 471. The summed E-state index contributed by atoms with van der Waals surface area (Å²) in [5, 5.41) is 2.57. The molecule has 0 aliphatic heterocycles. The molecule has 0 radical (unpaired) electrons. The fraction of sp³-hybridized carbons (Fsp3) is 0.500. The van der Waals surface area contributed by atoms with Crippen LogP contribution in [-0.2, 0) is 16.0 Å². The Morgan fingerprint density at radius 1 is 1.29 bits per heavy atom. The maximum atomic E-state index is 12.3. The van der Waals surface area contributed by atoms with Gasteiger partial charge in [0, 0.05) is 26.8 Å². The third-order valence-corrected chi connectivity index (χ3v) is 3.57. The third kappa shape index (κ3) is 4.86. The number of hydrogen-bond acceptors (Lipinski definition) is 3. The molecule has 0 heterocycles. The summed E-state index contributed by atoms with van der Waals surface area (Å²) in [4.78, 5) is 25.4. The highest BCUT2D eigenvalue weighted by Gasteiger charge is 2.18. The molecule has 0 fully saturated rings. The predicted molar refractivity (Wildman–Crippen MR) is 82.3 cm³/mol. The van der Waals surface area contributed by atoms with Crippen molar-refractivity contribution in [2.24, 2.45) is 0 Å². The first kappa shape index (κ1) is 17.2. The van der Waals surface area contributed by atoms with E-state index in [-0.39, 0.29) is 17.9 Å². The highest BCUT2D eigenvalue weighted by atomic mass is 16.5. The number of nitrogens with zero attached hydrogens (tertiary/aromatic N) is 1. The van der Waals surface area contributed by atoms with Gasteiger partial charge in [-0.25, -0.2) is 0 Å². The van der Waals surface area contributed by atoms with Crippen molar-refractivity contribution >= 4 is 11.8 Å². The summed E-state index contributed by atoms with van der Waals surface area (Å²) in [6, 6.07) is 7.18. The van der Waals surface area contributed by atoms with Gasteiger partial charge < -0.3 is 15.0 Å². The second-order valence-electron chi connectivity index (χ2n) is 4.97. The number of benzene rings is 1. The van der Waals surface area contributed by atoms with E-state index < -0.39 is 0 Å². The molecule has 0 saturated heterocycles. The van der Waals surface area contributed by atoms with Crippen LogP contribution in [0.15, 0.2) is 24.3 Å². The lowest BCUT2D eigenvalue weighted by Crippen LogP contribution is -2.40. The van der Waals surface area contributed by atoms with E-state index in [1.807, 2.05) is 19.1 Å². The zero-order valence-corrected chi connectivity index (χ0v) is 13.2. The van der Waals surface area contributed by atoms with Gasteiger partial charge in [-0.15, -0.1) is 0 Å². The zero-order valence-electron chi connectivity index (χ0n) is 13.2. The number of methoxy groups -OCH3 is 1. The third-order valence-electron chi connectivity index (χ3n) is 3.57. The van der Waals surface area contributed by atoms with Crippen LogP contribution in [-0.4, -0.2) is 50.6 Å². The second-order valence-corrected chi connectivity index (χ2v) is 4.97. The second kappa shape index (κ2) is 8.42. The summed E-state index contributed by atoms with van der Waals surface area (Å²) < 4.78 is 5.13. The molecule has 0 aromatic heterocycles. The summed E-state index contributed by atoms with van der Waals surface area (Å²) in [6.07, 6.45) is 1.18. The summed E-state index contributed by atoms with van der Waals surface area (Å²) in [7, 11) is 5.03. The van der Waals surface area contributed by atoms with Gasteiger partial charge in [-0.1, -0.05) is 19.1 Å². The molecule has 0 spiro atoms. The first-order valence-corrected chi connectivity index (χ1v) is 7.09. The van der Waals surface area contributed by atoms with Crippen molar-refractivity contribution in [2.45, 2.75) is 25.8 Å². The summed E-state index contributed by atoms with van der Waals surface area (Å²) in [5.41, 5.74) is 1.49. The normalized spacial score (nSPS) is 11.8. The highest BCUT2D eigenvalue weighted by Crippen LogP contribution is 2.09. The van der Waals surface area contributed by atoms with Crippen molar-refractivity contribution < 1.29 is 14.3 Å². The number of likely N-dealkylation sites (N-methyl/N-ethyl adjacent to an activating group) is 1. The smallest absolute Gasteiger partial charge is 0.251 e.